The zero-order chi connectivity index (χ0) is 18.3. The second-order valence-corrected chi connectivity index (χ2v) is 5.13. The predicted molar refractivity (Wildman–Crippen MR) is 79.0 cm³/mol. The van der Waals surface area contributed by atoms with Crippen LogP contribution in [-0.2, 0) is 23.9 Å². The van der Waals surface area contributed by atoms with E-state index in [9.17, 15) is 19.2 Å². The van der Waals surface area contributed by atoms with Crippen molar-refractivity contribution in [3.05, 3.63) is 11.8 Å². The number of nitrogens with zero attached hydrogens (tertiary/aromatic N) is 1. The standard InChI is InChI=1S/C14H20N2O8/c1-8(6-17)5-16(14(22)15-2)10-4-3-9(24-10)7-23-11(12(18)19)13(20)21/h5-6,9-11H,3-4,7H2,1-2H3,(H,15,22)(H,18,19)(H,20,21)/b8-5-. The van der Waals surface area contributed by atoms with Crippen LogP contribution in [-0.4, -0.2) is 71.5 Å². The normalized spacial score (nSPS) is 20.7. The van der Waals surface area contributed by atoms with Gasteiger partial charge in [0.25, 0.3) is 6.10 Å². The van der Waals surface area contributed by atoms with Crippen LogP contribution in [0.4, 0.5) is 4.79 Å². The van der Waals surface area contributed by atoms with Crippen LogP contribution in [0, 0.1) is 0 Å². The molecule has 1 rings (SSSR count). The van der Waals surface area contributed by atoms with Gasteiger partial charge in [-0.05, 0) is 19.8 Å². The Kier molecular flexibility index (Phi) is 7.33. The number of ether oxygens (including phenoxy) is 2. The molecule has 0 radical (unpaired) electrons. The molecular formula is C14H20N2O8. The first-order chi connectivity index (χ1) is 11.3. The molecule has 0 aliphatic carbocycles. The van der Waals surface area contributed by atoms with Gasteiger partial charge in [0.1, 0.15) is 12.5 Å². The molecule has 10 heteroatoms. The average molecular weight is 344 g/mol. The van der Waals surface area contributed by atoms with Crippen LogP contribution in [0.15, 0.2) is 11.8 Å². The quantitative estimate of drug-likeness (QED) is 0.312. The Bertz CT molecular complexity index is 519. The van der Waals surface area contributed by atoms with Crippen LogP contribution in [0.5, 0.6) is 0 Å². The Morgan fingerprint density at radius 2 is 1.96 bits per heavy atom. The number of rotatable bonds is 8. The number of carbonyl (C=O) groups excluding carboxylic acids is 2. The van der Waals surface area contributed by atoms with Gasteiger partial charge in [-0.3, -0.25) is 9.69 Å². The molecule has 1 aliphatic rings. The van der Waals surface area contributed by atoms with Crippen molar-refractivity contribution in [3.8, 4) is 0 Å². The lowest BCUT2D eigenvalue weighted by Crippen LogP contribution is -2.42. The van der Waals surface area contributed by atoms with Crippen LogP contribution >= 0.6 is 0 Å². The highest BCUT2D eigenvalue weighted by Crippen LogP contribution is 2.24. The Morgan fingerprint density at radius 1 is 1.33 bits per heavy atom. The number of nitrogens with one attached hydrogen (secondary N) is 1. The first-order valence-electron chi connectivity index (χ1n) is 7.16. The summed E-state index contributed by atoms with van der Waals surface area (Å²) in [7, 11) is 1.43. The molecule has 0 bridgehead atoms. The van der Waals surface area contributed by atoms with Gasteiger partial charge in [0.2, 0.25) is 0 Å². The highest BCUT2D eigenvalue weighted by molar-refractivity contribution is 5.96. The minimum Gasteiger partial charge on any atom is -0.479 e. The van der Waals surface area contributed by atoms with Crippen molar-refractivity contribution >= 4 is 24.3 Å². The zero-order valence-electron chi connectivity index (χ0n) is 13.3. The lowest BCUT2D eigenvalue weighted by atomic mass is 10.2. The molecule has 1 heterocycles. The SMILES string of the molecule is CNC(=O)N(/C=C(/C)C=O)C1CCC(COC(C(=O)O)C(=O)O)O1. The van der Waals surface area contributed by atoms with Crippen LogP contribution < -0.4 is 5.32 Å². The summed E-state index contributed by atoms with van der Waals surface area (Å²) in [5.41, 5.74) is 0.318. The van der Waals surface area contributed by atoms with E-state index in [-0.39, 0.29) is 6.61 Å². The highest BCUT2D eigenvalue weighted by Gasteiger charge is 2.34. The topological polar surface area (TPSA) is 142 Å². The third-order valence-electron chi connectivity index (χ3n) is 3.27. The molecule has 24 heavy (non-hydrogen) atoms. The van der Waals surface area contributed by atoms with Crippen molar-refractivity contribution in [2.75, 3.05) is 13.7 Å². The molecule has 0 aromatic heterocycles. The van der Waals surface area contributed by atoms with Gasteiger partial charge in [-0.15, -0.1) is 0 Å². The number of carboxylic acids is 2. The molecule has 1 aliphatic heterocycles. The fraction of sp³-hybridized carbons (Fsp3) is 0.571. The van der Waals surface area contributed by atoms with E-state index in [1.165, 1.54) is 25.1 Å². The molecule has 0 aromatic rings. The molecule has 10 nitrogen and oxygen atoms in total. The molecule has 0 spiro atoms. The Labute approximate surface area is 138 Å². The van der Waals surface area contributed by atoms with Crippen LogP contribution in [0.3, 0.4) is 0 Å². The number of aldehydes is 1. The Balaban J connectivity index is 2.68. The van der Waals surface area contributed by atoms with Crippen molar-refractivity contribution in [1.29, 1.82) is 0 Å². The van der Waals surface area contributed by atoms with Gasteiger partial charge in [0.15, 0.2) is 0 Å². The van der Waals surface area contributed by atoms with Gasteiger partial charge in [0, 0.05) is 18.8 Å². The molecule has 2 atom stereocenters. The largest absolute Gasteiger partial charge is 0.479 e. The van der Waals surface area contributed by atoms with Crippen molar-refractivity contribution < 1.29 is 38.9 Å². The van der Waals surface area contributed by atoms with Crippen molar-refractivity contribution in [2.24, 2.45) is 0 Å². The third kappa shape index (κ3) is 5.32. The van der Waals surface area contributed by atoms with E-state index in [0.717, 1.165) is 0 Å². The third-order valence-corrected chi connectivity index (χ3v) is 3.27. The summed E-state index contributed by atoms with van der Waals surface area (Å²) < 4.78 is 10.4. The summed E-state index contributed by atoms with van der Waals surface area (Å²) in [6.07, 6.45) is -0.394. The van der Waals surface area contributed by atoms with Gasteiger partial charge in [-0.25, -0.2) is 14.4 Å². The van der Waals surface area contributed by atoms with Crippen molar-refractivity contribution in [2.45, 2.75) is 38.2 Å². The average Bonchev–Trinajstić information content (AvgIpc) is 2.99. The summed E-state index contributed by atoms with van der Waals surface area (Å²) in [5, 5.41) is 19.9. The summed E-state index contributed by atoms with van der Waals surface area (Å²) in [5.74, 6) is -3.21. The molecule has 1 fully saturated rings. The molecule has 1 saturated heterocycles. The van der Waals surface area contributed by atoms with Gasteiger partial charge in [-0.1, -0.05) is 0 Å². The minimum atomic E-state index is -1.97. The molecule has 2 amide bonds. The first kappa shape index (κ1) is 19.6. The minimum absolute atomic E-state index is 0.238. The maximum absolute atomic E-state index is 11.9. The summed E-state index contributed by atoms with van der Waals surface area (Å²) >= 11 is 0. The zero-order valence-corrected chi connectivity index (χ0v) is 13.3. The summed E-state index contributed by atoms with van der Waals surface area (Å²) in [4.78, 5) is 45.3. The molecule has 134 valence electrons. The van der Waals surface area contributed by atoms with E-state index in [4.69, 9.17) is 19.7 Å². The molecule has 0 saturated carbocycles. The maximum Gasteiger partial charge on any atom is 0.344 e. The van der Waals surface area contributed by atoms with E-state index in [1.54, 1.807) is 0 Å². The molecule has 0 aromatic carbocycles. The lowest BCUT2D eigenvalue weighted by Gasteiger charge is -2.25. The number of carboxylic acid groups (broad SMARTS) is 2. The Hall–Kier alpha value is -2.46. The monoisotopic (exact) mass is 344 g/mol. The smallest absolute Gasteiger partial charge is 0.344 e. The van der Waals surface area contributed by atoms with E-state index < -0.39 is 36.4 Å². The number of aliphatic carboxylic acids is 2. The second-order valence-electron chi connectivity index (χ2n) is 5.13. The maximum atomic E-state index is 11.9. The number of hydrogen-bond donors (Lipinski definition) is 3. The lowest BCUT2D eigenvalue weighted by molar-refractivity contribution is -0.168. The number of allylic oxidation sites excluding steroid dienone is 1. The van der Waals surface area contributed by atoms with Gasteiger partial charge in [-0.2, -0.15) is 0 Å². The van der Waals surface area contributed by atoms with E-state index >= 15 is 0 Å². The predicted octanol–water partition coefficient (Wildman–Crippen LogP) is -0.210. The number of urea groups is 1. The van der Waals surface area contributed by atoms with Crippen LogP contribution in [0.1, 0.15) is 19.8 Å². The van der Waals surface area contributed by atoms with Gasteiger partial charge < -0.3 is 25.0 Å². The fourth-order valence-electron chi connectivity index (χ4n) is 2.12. The van der Waals surface area contributed by atoms with Crippen molar-refractivity contribution in [3.63, 3.8) is 0 Å². The van der Waals surface area contributed by atoms with Gasteiger partial charge >= 0.3 is 18.0 Å². The Morgan fingerprint density at radius 3 is 2.46 bits per heavy atom. The first-order valence-corrected chi connectivity index (χ1v) is 7.16. The fourth-order valence-corrected chi connectivity index (χ4v) is 2.12. The molecular weight excluding hydrogens is 324 g/mol. The van der Waals surface area contributed by atoms with E-state index in [1.807, 2.05) is 0 Å². The van der Waals surface area contributed by atoms with E-state index in [0.29, 0.717) is 24.7 Å². The second kappa shape index (κ2) is 8.99. The van der Waals surface area contributed by atoms with Crippen LogP contribution in [0.2, 0.25) is 0 Å². The van der Waals surface area contributed by atoms with Crippen LogP contribution in [0.25, 0.3) is 0 Å². The summed E-state index contributed by atoms with van der Waals surface area (Å²) in [6, 6.07) is -0.475. The molecule has 3 N–H and O–H groups in total. The molecule has 2 unspecified atom stereocenters. The van der Waals surface area contributed by atoms with Gasteiger partial charge in [0.05, 0.1) is 12.7 Å². The number of hydrogen-bond acceptors (Lipinski definition) is 6. The van der Waals surface area contributed by atoms with E-state index in [2.05, 4.69) is 5.32 Å². The highest BCUT2D eigenvalue weighted by atomic mass is 16.6. The summed E-state index contributed by atoms with van der Waals surface area (Å²) in [6.45, 7) is 1.29. The van der Waals surface area contributed by atoms with Crippen molar-refractivity contribution in [1.82, 2.24) is 10.2 Å². The number of carbonyl (C=O) groups is 4. The number of amides is 2.